The van der Waals surface area contributed by atoms with Crippen molar-refractivity contribution in [2.45, 2.75) is 52.4 Å². The first-order chi connectivity index (χ1) is 11.1. The number of aryl methyl sites for hydroxylation is 1. The first-order valence-electron chi connectivity index (χ1n) is 8.00. The molecule has 0 bridgehead atoms. The van der Waals surface area contributed by atoms with Crippen LogP contribution in [-0.2, 0) is 17.8 Å². The van der Waals surface area contributed by atoms with Gasteiger partial charge in [-0.05, 0) is 19.3 Å². The third-order valence-corrected chi connectivity index (χ3v) is 4.11. The van der Waals surface area contributed by atoms with Crippen LogP contribution in [-0.4, -0.2) is 49.6 Å². The van der Waals surface area contributed by atoms with E-state index in [1.165, 1.54) is 0 Å². The van der Waals surface area contributed by atoms with Crippen LogP contribution in [0.1, 0.15) is 43.8 Å². The van der Waals surface area contributed by atoms with Gasteiger partial charge in [-0.3, -0.25) is 4.90 Å². The van der Waals surface area contributed by atoms with E-state index in [0.29, 0.717) is 24.2 Å². The molecular weight excluding hydrogens is 296 g/mol. The Morgan fingerprint density at radius 1 is 1.43 bits per heavy atom. The molecule has 2 atom stereocenters. The van der Waals surface area contributed by atoms with Crippen LogP contribution in [0.25, 0.3) is 0 Å². The molecule has 3 heterocycles. The lowest BCUT2D eigenvalue weighted by Gasteiger charge is -2.21. The maximum Gasteiger partial charge on any atom is 0.244 e. The predicted octanol–water partition coefficient (Wildman–Crippen LogP) is 1.59. The van der Waals surface area contributed by atoms with Gasteiger partial charge in [-0.1, -0.05) is 19.0 Å². The standard InChI is InChI=1S/C15H24N6O2/c1-10(2)6-21-14(16-9-17-21)8-20-7-12(22-4)5-13(20)15-18-11(3)19-23-15/h9-10,12-13H,5-8H2,1-4H3/t12-,13+/m0/s1. The van der Waals surface area contributed by atoms with Gasteiger partial charge in [-0.15, -0.1) is 0 Å². The predicted molar refractivity (Wildman–Crippen MR) is 82.5 cm³/mol. The van der Waals surface area contributed by atoms with Crippen LogP contribution >= 0.6 is 0 Å². The van der Waals surface area contributed by atoms with Crippen molar-refractivity contribution >= 4 is 0 Å². The Hall–Kier alpha value is -1.80. The monoisotopic (exact) mass is 320 g/mol. The van der Waals surface area contributed by atoms with Gasteiger partial charge >= 0.3 is 0 Å². The van der Waals surface area contributed by atoms with E-state index < -0.39 is 0 Å². The first-order valence-corrected chi connectivity index (χ1v) is 8.00. The molecule has 2 aromatic rings. The zero-order valence-electron chi connectivity index (χ0n) is 14.1. The third-order valence-electron chi connectivity index (χ3n) is 4.11. The van der Waals surface area contributed by atoms with Crippen molar-refractivity contribution in [3.8, 4) is 0 Å². The molecule has 0 aliphatic carbocycles. The van der Waals surface area contributed by atoms with E-state index in [9.17, 15) is 0 Å². The summed E-state index contributed by atoms with van der Waals surface area (Å²) in [5.41, 5.74) is 0. The Morgan fingerprint density at radius 3 is 2.91 bits per heavy atom. The summed E-state index contributed by atoms with van der Waals surface area (Å²) in [6.45, 7) is 8.55. The average Bonchev–Trinajstić information content (AvgIpc) is 3.20. The summed E-state index contributed by atoms with van der Waals surface area (Å²) >= 11 is 0. The molecule has 1 fully saturated rings. The third kappa shape index (κ3) is 3.59. The fraction of sp³-hybridized carbons (Fsp3) is 0.733. The van der Waals surface area contributed by atoms with Crippen molar-refractivity contribution in [2.24, 2.45) is 5.92 Å². The SMILES string of the molecule is CO[C@H]1C[C@H](c2nc(C)no2)N(Cc2ncnn2CC(C)C)C1. The molecule has 23 heavy (non-hydrogen) atoms. The second-order valence-electron chi connectivity index (χ2n) is 6.47. The second-order valence-corrected chi connectivity index (χ2v) is 6.47. The smallest absolute Gasteiger partial charge is 0.244 e. The van der Waals surface area contributed by atoms with Gasteiger partial charge < -0.3 is 9.26 Å². The largest absolute Gasteiger partial charge is 0.380 e. The lowest BCUT2D eigenvalue weighted by molar-refractivity contribution is 0.106. The number of hydrogen-bond donors (Lipinski definition) is 0. The van der Waals surface area contributed by atoms with Crippen LogP contribution < -0.4 is 0 Å². The van der Waals surface area contributed by atoms with Crippen molar-refractivity contribution in [3.05, 3.63) is 23.9 Å². The van der Waals surface area contributed by atoms with E-state index in [1.807, 2.05) is 11.6 Å². The molecule has 0 saturated carbocycles. The Balaban J connectivity index is 1.78. The quantitative estimate of drug-likeness (QED) is 0.799. The van der Waals surface area contributed by atoms with Gasteiger partial charge in [-0.2, -0.15) is 10.1 Å². The number of likely N-dealkylation sites (tertiary alicyclic amines) is 1. The lowest BCUT2D eigenvalue weighted by Crippen LogP contribution is -2.27. The first kappa shape index (κ1) is 16.1. The molecule has 0 N–H and O–H groups in total. The zero-order chi connectivity index (χ0) is 16.4. The molecule has 126 valence electrons. The van der Waals surface area contributed by atoms with Crippen molar-refractivity contribution in [3.63, 3.8) is 0 Å². The number of hydrogen-bond acceptors (Lipinski definition) is 7. The molecule has 0 aromatic carbocycles. The van der Waals surface area contributed by atoms with E-state index >= 15 is 0 Å². The fourth-order valence-corrected chi connectivity index (χ4v) is 3.00. The Bertz CT molecular complexity index is 637. The van der Waals surface area contributed by atoms with Gasteiger partial charge in [0.1, 0.15) is 12.2 Å². The van der Waals surface area contributed by atoms with Gasteiger partial charge in [-0.25, -0.2) is 9.67 Å². The van der Waals surface area contributed by atoms with Gasteiger partial charge in [0.25, 0.3) is 0 Å². The molecule has 1 aliphatic rings. The maximum absolute atomic E-state index is 5.54. The molecule has 0 radical (unpaired) electrons. The molecule has 8 nitrogen and oxygen atoms in total. The molecular formula is C15H24N6O2. The van der Waals surface area contributed by atoms with Crippen LogP contribution in [0.3, 0.4) is 0 Å². The Morgan fingerprint density at radius 2 is 2.26 bits per heavy atom. The molecule has 1 aliphatic heterocycles. The number of rotatable bonds is 6. The highest BCUT2D eigenvalue weighted by molar-refractivity contribution is 5.00. The summed E-state index contributed by atoms with van der Waals surface area (Å²) in [7, 11) is 1.74. The normalized spacial score (nSPS) is 22.3. The molecule has 1 saturated heterocycles. The van der Waals surface area contributed by atoms with Crippen molar-refractivity contribution in [1.82, 2.24) is 29.8 Å². The molecule has 8 heteroatoms. The summed E-state index contributed by atoms with van der Waals surface area (Å²) < 4.78 is 12.9. The summed E-state index contributed by atoms with van der Waals surface area (Å²) in [6.07, 6.45) is 2.62. The van der Waals surface area contributed by atoms with Crippen molar-refractivity contribution in [2.75, 3.05) is 13.7 Å². The van der Waals surface area contributed by atoms with E-state index in [4.69, 9.17) is 9.26 Å². The summed E-state index contributed by atoms with van der Waals surface area (Å²) in [4.78, 5) is 11.1. The van der Waals surface area contributed by atoms with Crippen LogP contribution in [0, 0.1) is 12.8 Å². The topological polar surface area (TPSA) is 82.1 Å². The van der Waals surface area contributed by atoms with Gasteiger partial charge in [0.05, 0.1) is 18.7 Å². The van der Waals surface area contributed by atoms with Crippen LogP contribution in [0.2, 0.25) is 0 Å². The number of nitrogens with zero attached hydrogens (tertiary/aromatic N) is 6. The van der Waals surface area contributed by atoms with Crippen molar-refractivity contribution in [1.29, 1.82) is 0 Å². The molecule has 0 amide bonds. The Kier molecular flexibility index (Phi) is 4.72. The lowest BCUT2D eigenvalue weighted by atomic mass is 10.2. The van der Waals surface area contributed by atoms with Crippen LogP contribution in [0.5, 0.6) is 0 Å². The van der Waals surface area contributed by atoms with E-state index in [1.54, 1.807) is 13.4 Å². The highest BCUT2D eigenvalue weighted by Crippen LogP contribution is 2.33. The zero-order valence-corrected chi connectivity index (χ0v) is 14.1. The minimum Gasteiger partial charge on any atom is -0.380 e. The van der Waals surface area contributed by atoms with Crippen LogP contribution in [0.15, 0.2) is 10.9 Å². The summed E-state index contributed by atoms with van der Waals surface area (Å²) in [6, 6.07) is 0.0605. The highest BCUT2D eigenvalue weighted by atomic mass is 16.5. The Labute approximate surface area is 135 Å². The van der Waals surface area contributed by atoms with E-state index in [0.717, 1.165) is 25.3 Å². The molecule has 0 unspecified atom stereocenters. The van der Waals surface area contributed by atoms with Crippen LogP contribution in [0.4, 0.5) is 0 Å². The van der Waals surface area contributed by atoms with Gasteiger partial charge in [0.2, 0.25) is 5.89 Å². The van der Waals surface area contributed by atoms with Crippen molar-refractivity contribution < 1.29 is 9.26 Å². The minimum absolute atomic E-state index is 0.0605. The number of aromatic nitrogens is 5. The molecule has 2 aromatic heterocycles. The molecule has 0 spiro atoms. The summed E-state index contributed by atoms with van der Waals surface area (Å²) in [5, 5.41) is 8.25. The highest BCUT2D eigenvalue weighted by Gasteiger charge is 2.37. The van der Waals surface area contributed by atoms with Gasteiger partial charge in [0, 0.05) is 20.2 Å². The van der Waals surface area contributed by atoms with E-state index in [-0.39, 0.29) is 12.1 Å². The maximum atomic E-state index is 5.54. The molecule has 3 rings (SSSR count). The minimum atomic E-state index is 0.0605. The summed E-state index contributed by atoms with van der Waals surface area (Å²) in [5.74, 6) is 2.78. The number of ether oxygens (including phenoxy) is 1. The second kappa shape index (κ2) is 6.76. The van der Waals surface area contributed by atoms with Gasteiger partial charge in [0.15, 0.2) is 5.82 Å². The average molecular weight is 320 g/mol. The fourth-order valence-electron chi connectivity index (χ4n) is 3.00. The number of methoxy groups -OCH3 is 1. The van der Waals surface area contributed by atoms with E-state index in [2.05, 4.69) is 39.0 Å².